The molecule has 1 unspecified atom stereocenters. The second-order valence-electron chi connectivity index (χ2n) is 7.44. The highest BCUT2D eigenvalue weighted by Gasteiger charge is 2.24. The summed E-state index contributed by atoms with van der Waals surface area (Å²) in [5.41, 5.74) is 0.149. The summed E-state index contributed by atoms with van der Waals surface area (Å²) in [6.45, 7) is 7.13. The number of carbonyl (C=O) groups is 2. The van der Waals surface area contributed by atoms with Gasteiger partial charge in [0.2, 0.25) is 0 Å². The zero-order chi connectivity index (χ0) is 19.7. The average molecular weight is 383 g/mol. The van der Waals surface area contributed by atoms with Crippen LogP contribution in [0.15, 0.2) is 12.2 Å². The van der Waals surface area contributed by atoms with Gasteiger partial charge in [0.05, 0.1) is 19.6 Å². The molecule has 0 aromatic rings. The molecule has 156 valence electrons. The Balaban J connectivity index is 1.84. The van der Waals surface area contributed by atoms with Crippen molar-refractivity contribution in [1.29, 1.82) is 0 Å². The molecule has 1 saturated heterocycles. The molecule has 1 heterocycles. The molecular weight excluding hydrogens is 344 g/mol. The maximum atomic E-state index is 11.8. The molecule has 5 nitrogen and oxygen atoms in total. The third kappa shape index (κ3) is 14.4. The highest BCUT2D eigenvalue weighted by atomic mass is 16.6. The topological polar surface area (TPSA) is 65.1 Å². The van der Waals surface area contributed by atoms with E-state index < -0.39 is 11.9 Å². The summed E-state index contributed by atoms with van der Waals surface area (Å²) in [7, 11) is 0. The van der Waals surface area contributed by atoms with Gasteiger partial charge < -0.3 is 14.2 Å². The summed E-state index contributed by atoms with van der Waals surface area (Å²) in [6, 6.07) is 0. The van der Waals surface area contributed by atoms with Gasteiger partial charge in [-0.2, -0.15) is 0 Å². The van der Waals surface area contributed by atoms with Gasteiger partial charge in [0, 0.05) is 5.57 Å². The molecule has 1 aliphatic rings. The lowest BCUT2D eigenvalue weighted by Crippen LogP contribution is -2.15. The Labute approximate surface area is 164 Å². The molecule has 0 aromatic carbocycles. The molecule has 0 spiro atoms. The van der Waals surface area contributed by atoms with Crippen LogP contribution in [0.3, 0.4) is 0 Å². The molecule has 0 N–H and O–H groups in total. The van der Waals surface area contributed by atoms with Crippen molar-refractivity contribution in [3.05, 3.63) is 12.2 Å². The summed E-state index contributed by atoms with van der Waals surface area (Å²) in [4.78, 5) is 23.3. The fraction of sp³-hybridized carbons (Fsp3) is 0.818. The van der Waals surface area contributed by atoms with Gasteiger partial charge in [-0.25, -0.2) is 4.79 Å². The molecule has 0 bridgehead atoms. The number of epoxide rings is 1. The third-order valence-electron chi connectivity index (χ3n) is 4.71. The smallest absolute Gasteiger partial charge is 0.333 e. The van der Waals surface area contributed by atoms with Crippen molar-refractivity contribution in [2.75, 3.05) is 19.8 Å². The van der Waals surface area contributed by atoms with E-state index in [9.17, 15) is 9.59 Å². The molecule has 1 rings (SSSR count). The summed E-state index contributed by atoms with van der Waals surface area (Å²) in [6.07, 6.45) is 15.1. The summed E-state index contributed by atoms with van der Waals surface area (Å²) < 4.78 is 15.1. The van der Waals surface area contributed by atoms with Crippen LogP contribution >= 0.6 is 0 Å². The van der Waals surface area contributed by atoms with E-state index in [0.29, 0.717) is 13.2 Å². The summed E-state index contributed by atoms with van der Waals surface area (Å²) in [5, 5.41) is 0. The van der Waals surface area contributed by atoms with Crippen molar-refractivity contribution in [1.82, 2.24) is 0 Å². The highest BCUT2D eigenvalue weighted by molar-refractivity contribution is 5.93. The van der Waals surface area contributed by atoms with Crippen LogP contribution in [0.2, 0.25) is 0 Å². The number of unbranched alkanes of at least 4 members (excludes halogenated alkanes) is 11. The molecule has 1 fully saturated rings. The first kappa shape index (κ1) is 23.7. The monoisotopic (exact) mass is 382 g/mol. The first-order valence-corrected chi connectivity index (χ1v) is 10.8. The molecule has 27 heavy (non-hydrogen) atoms. The average Bonchev–Trinajstić information content (AvgIpc) is 3.48. The SMILES string of the molecule is C=C(CC(=O)OCC1CO1)C(=O)OCCCCCCCCCCCCCC. The molecule has 1 aliphatic heterocycles. The minimum atomic E-state index is -0.502. The number of hydrogen-bond acceptors (Lipinski definition) is 5. The third-order valence-corrected chi connectivity index (χ3v) is 4.71. The van der Waals surface area contributed by atoms with Gasteiger partial charge in [-0.3, -0.25) is 4.79 Å². The first-order chi connectivity index (χ1) is 13.1. The fourth-order valence-electron chi connectivity index (χ4n) is 2.86. The van der Waals surface area contributed by atoms with Crippen molar-refractivity contribution >= 4 is 11.9 Å². The van der Waals surface area contributed by atoms with E-state index in [0.717, 1.165) is 12.8 Å². The maximum absolute atomic E-state index is 11.8. The largest absolute Gasteiger partial charge is 0.463 e. The van der Waals surface area contributed by atoms with E-state index in [1.165, 1.54) is 64.2 Å². The van der Waals surface area contributed by atoms with Crippen LogP contribution in [-0.4, -0.2) is 37.9 Å². The van der Waals surface area contributed by atoms with Crippen LogP contribution in [0.25, 0.3) is 0 Å². The second-order valence-corrected chi connectivity index (χ2v) is 7.44. The van der Waals surface area contributed by atoms with E-state index in [-0.39, 0.29) is 24.7 Å². The molecule has 0 aliphatic carbocycles. The molecule has 0 amide bonds. The van der Waals surface area contributed by atoms with Gasteiger partial charge in [-0.1, -0.05) is 84.1 Å². The molecule has 5 heteroatoms. The minimum absolute atomic E-state index is 0.0277. The predicted molar refractivity (Wildman–Crippen MR) is 106 cm³/mol. The minimum Gasteiger partial charge on any atom is -0.463 e. The number of ether oxygens (including phenoxy) is 3. The molecule has 0 aromatic heterocycles. The molecule has 0 saturated carbocycles. The van der Waals surface area contributed by atoms with Crippen molar-refractivity contribution < 1.29 is 23.8 Å². The zero-order valence-electron chi connectivity index (χ0n) is 17.1. The lowest BCUT2D eigenvalue weighted by Gasteiger charge is -2.07. The van der Waals surface area contributed by atoms with E-state index in [2.05, 4.69) is 13.5 Å². The Bertz CT molecular complexity index is 428. The molecular formula is C22H38O5. The Morgan fingerprint density at radius 3 is 1.93 bits per heavy atom. The van der Waals surface area contributed by atoms with Crippen LogP contribution in [0.1, 0.15) is 90.4 Å². The number of carbonyl (C=O) groups excluding carboxylic acids is 2. The Kier molecular flexibility index (Phi) is 13.7. The number of rotatable bonds is 18. The standard InChI is InChI=1S/C22H38O5/c1-3-4-5-6-7-8-9-10-11-12-13-14-15-25-22(24)19(2)16-21(23)27-18-20-17-26-20/h20H,2-18H2,1H3. The van der Waals surface area contributed by atoms with Crippen molar-refractivity contribution in [2.24, 2.45) is 0 Å². The van der Waals surface area contributed by atoms with Crippen molar-refractivity contribution in [3.63, 3.8) is 0 Å². The first-order valence-electron chi connectivity index (χ1n) is 10.8. The van der Waals surface area contributed by atoms with Gasteiger partial charge in [0.25, 0.3) is 0 Å². The predicted octanol–water partition coefficient (Wildman–Crippen LogP) is 5.12. The zero-order valence-corrected chi connectivity index (χ0v) is 17.1. The van der Waals surface area contributed by atoms with Crippen LogP contribution in [0, 0.1) is 0 Å². The van der Waals surface area contributed by atoms with E-state index in [1.54, 1.807) is 0 Å². The van der Waals surface area contributed by atoms with Crippen LogP contribution < -0.4 is 0 Å². The Morgan fingerprint density at radius 1 is 0.889 bits per heavy atom. The van der Waals surface area contributed by atoms with Gasteiger partial charge in [-0.15, -0.1) is 0 Å². The normalized spacial score (nSPS) is 15.4. The molecule has 0 radical (unpaired) electrons. The second kappa shape index (κ2) is 15.7. The quantitative estimate of drug-likeness (QED) is 0.142. The molecule has 1 atom stereocenters. The Hall–Kier alpha value is -1.36. The fourth-order valence-corrected chi connectivity index (χ4v) is 2.86. The summed E-state index contributed by atoms with van der Waals surface area (Å²) in [5.74, 6) is -0.962. The van der Waals surface area contributed by atoms with Gasteiger partial charge in [0.15, 0.2) is 0 Å². The number of hydrogen-bond donors (Lipinski definition) is 0. The van der Waals surface area contributed by atoms with Crippen molar-refractivity contribution in [2.45, 2.75) is 96.5 Å². The van der Waals surface area contributed by atoms with Crippen molar-refractivity contribution in [3.8, 4) is 0 Å². The van der Waals surface area contributed by atoms with E-state index in [1.807, 2.05) is 0 Å². The van der Waals surface area contributed by atoms with Crippen LogP contribution in [0.4, 0.5) is 0 Å². The number of esters is 2. The lowest BCUT2D eigenvalue weighted by molar-refractivity contribution is -0.146. The van der Waals surface area contributed by atoms with E-state index >= 15 is 0 Å². The van der Waals surface area contributed by atoms with E-state index in [4.69, 9.17) is 14.2 Å². The summed E-state index contributed by atoms with van der Waals surface area (Å²) >= 11 is 0. The van der Waals surface area contributed by atoms with Crippen LogP contribution in [-0.2, 0) is 23.8 Å². The highest BCUT2D eigenvalue weighted by Crippen LogP contribution is 2.13. The maximum Gasteiger partial charge on any atom is 0.333 e. The van der Waals surface area contributed by atoms with Gasteiger partial charge in [0.1, 0.15) is 12.7 Å². The van der Waals surface area contributed by atoms with Gasteiger partial charge >= 0.3 is 11.9 Å². The Morgan fingerprint density at radius 2 is 1.41 bits per heavy atom. The lowest BCUT2D eigenvalue weighted by atomic mass is 10.1. The van der Waals surface area contributed by atoms with Crippen LogP contribution in [0.5, 0.6) is 0 Å². The van der Waals surface area contributed by atoms with Gasteiger partial charge in [-0.05, 0) is 6.42 Å².